The normalized spacial score (nSPS) is 13.3. The van der Waals surface area contributed by atoms with Gasteiger partial charge in [0.05, 0.1) is 12.1 Å². The topological polar surface area (TPSA) is 77.1 Å². The Labute approximate surface area is 175 Å². The fraction of sp³-hybridized carbons (Fsp3) is 0.182. The molecule has 0 spiro atoms. The molecule has 0 aliphatic carbocycles. The summed E-state index contributed by atoms with van der Waals surface area (Å²) in [5.74, 6) is -0.755. The summed E-state index contributed by atoms with van der Waals surface area (Å²) in [6, 6.07) is 11.6. The maximum Gasteiger partial charge on any atom is 0.279 e. The van der Waals surface area contributed by atoms with Crippen LogP contribution in [0.1, 0.15) is 21.6 Å². The summed E-state index contributed by atoms with van der Waals surface area (Å²) >= 11 is 0. The highest BCUT2D eigenvalue weighted by Gasteiger charge is 2.30. The van der Waals surface area contributed by atoms with Crippen LogP contribution in [0.3, 0.4) is 0 Å². The second kappa shape index (κ2) is 7.42. The highest BCUT2D eigenvalue weighted by atomic mass is 19.1. The van der Waals surface area contributed by atoms with Gasteiger partial charge in [-0.15, -0.1) is 0 Å². The molecule has 0 fully saturated rings. The number of hydrogen-bond acceptors (Lipinski definition) is 5. The number of halogens is 2. The van der Waals surface area contributed by atoms with Crippen LogP contribution in [0.5, 0.6) is 0 Å². The Morgan fingerprint density at radius 1 is 1.10 bits per heavy atom. The Bertz CT molecular complexity index is 1280. The summed E-state index contributed by atoms with van der Waals surface area (Å²) in [5.41, 5.74) is 2.87. The third-order valence-corrected chi connectivity index (χ3v) is 5.36. The molecular weight excluding hydrogens is 404 g/mol. The predicted octanol–water partition coefficient (Wildman–Crippen LogP) is 3.61. The van der Waals surface area contributed by atoms with Gasteiger partial charge in [0.2, 0.25) is 5.82 Å². The summed E-state index contributed by atoms with van der Waals surface area (Å²) in [6.45, 7) is 0.804. The Morgan fingerprint density at radius 3 is 2.65 bits per heavy atom. The highest BCUT2D eigenvalue weighted by molar-refractivity contribution is 5.94. The van der Waals surface area contributed by atoms with Gasteiger partial charge >= 0.3 is 0 Å². The first-order chi connectivity index (χ1) is 15.0. The number of carbonyl (C=O) groups excluding carboxylic acids is 1. The number of hydrogen-bond donors (Lipinski definition) is 0. The van der Waals surface area contributed by atoms with Crippen LogP contribution in [0.15, 0.2) is 53.1 Å². The van der Waals surface area contributed by atoms with Crippen LogP contribution in [-0.2, 0) is 20.0 Å². The first kappa shape index (κ1) is 19.1. The van der Waals surface area contributed by atoms with Crippen LogP contribution >= 0.6 is 0 Å². The Kier molecular flexibility index (Phi) is 4.58. The quantitative estimate of drug-likeness (QED) is 0.505. The molecular formula is C22H17F2N5O2. The fourth-order valence-electron chi connectivity index (χ4n) is 3.78. The molecule has 4 aromatic rings. The van der Waals surface area contributed by atoms with Crippen molar-refractivity contribution in [3.63, 3.8) is 0 Å². The first-order valence-corrected chi connectivity index (χ1v) is 9.70. The third kappa shape index (κ3) is 3.37. The number of benzene rings is 2. The van der Waals surface area contributed by atoms with E-state index in [1.165, 1.54) is 30.3 Å². The molecule has 2 aromatic carbocycles. The van der Waals surface area contributed by atoms with Crippen molar-refractivity contribution in [2.75, 3.05) is 6.54 Å². The monoisotopic (exact) mass is 421 g/mol. The molecule has 0 saturated carbocycles. The van der Waals surface area contributed by atoms with E-state index in [2.05, 4.69) is 15.2 Å². The fourth-order valence-corrected chi connectivity index (χ4v) is 3.78. The van der Waals surface area contributed by atoms with Crippen molar-refractivity contribution in [3.8, 4) is 23.0 Å². The summed E-state index contributed by atoms with van der Waals surface area (Å²) in [5, 5.41) is 8.41. The molecule has 9 heteroatoms. The molecule has 156 valence electrons. The van der Waals surface area contributed by atoms with Gasteiger partial charge in [-0.3, -0.25) is 9.48 Å². The smallest absolute Gasteiger partial charge is 0.279 e. The van der Waals surface area contributed by atoms with E-state index < -0.39 is 11.6 Å². The van der Waals surface area contributed by atoms with Gasteiger partial charge in [-0.2, -0.15) is 10.1 Å². The largest absolute Gasteiger partial charge is 0.334 e. The van der Waals surface area contributed by atoms with E-state index in [9.17, 15) is 13.6 Å². The minimum absolute atomic E-state index is 0.127. The number of amides is 1. The Morgan fingerprint density at radius 2 is 1.87 bits per heavy atom. The second-order valence-corrected chi connectivity index (χ2v) is 7.28. The number of carbonyl (C=O) groups is 1. The lowest BCUT2D eigenvalue weighted by Crippen LogP contribution is -2.36. The van der Waals surface area contributed by atoms with Crippen molar-refractivity contribution < 1.29 is 18.1 Å². The maximum absolute atomic E-state index is 14.1. The molecule has 1 amide bonds. The molecule has 0 atom stereocenters. The second-order valence-electron chi connectivity index (χ2n) is 7.28. The zero-order valence-electron chi connectivity index (χ0n) is 16.5. The molecule has 0 unspecified atom stereocenters. The Balaban J connectivity index is 1.47. The predicted molar refractivity (Wildman–Crippen MR) is 107 cm³/mol. The maximum atomic E-state index is 14.1. The number of nitrogens with zero attached hydrogens (tertiary/aromatic N) is 5. The van der Waals surface area contributed by atoms with Gasteiger partial charge in [0.15, 0.2) is 5.69 Å². The zero-order chi connectivity index (χ0) is 21.5. The minimum Gasteiger partial charge on any atom is -0.334 e. The van der Waals surface area contributed by atoms with Gasteiger partial charge in [0.1, 0.15) is 11.6 Å². The minimum atomic E-state index is -0.450. The Hall–Kier alpha value is -3.88. The lowest BCUT2D eigenvalue weighted by Gasteiger charge is -2.27. The van der Waals surface area contributed by atoms with Gasteiger partial charge in [-0.05, 0) is 36.4 Å². The summed E-state index contributed by atoms with van der Waals surface area (Å²) < 4.78 is 34.4. The third-order valence-electron chi connectivity index (χ3n) is 5.36. The number of aromatic nitrogens is 4. The first-order valence-electron chi connectivity index (χ1n) is 9.70. The van der Waals surface area contributed by atoms with Crippen molar-refractivity contribution in [2.24, 2.45) is 7.05 Å². The van der Waals surface area contributed by atoms with E-state index in [-0.39, 0.29) is 23.2 Å². The van der Waals surface area contributed by atoms with Crippen LogP contribution in [0.4, 0.5) is 8.78 Å². The molecule has 1 aliphatic rings. The number of rotatable bonds is 3. The average Bonchev–Trinajstić information content (AvgIpc) is 3.39. The van der Waals surface area contributed by atoms with E-state index in [1.54, 1.807) is 27.8 Å². The van der Waals surface area contributed by atoms with Crippen LogP contribution in [0.2, 0.25) is 0 Å². The molecule has 0 saturated heterocycles. The van der Waals surface area contributed by atoms with Crippen LogP contribution in [0.25, 0.3) is 23.0 Å². The zero-order valence-corrected chi connectivity index (χ0v) is 16.5. The molecule has 31 heavy (non-hydrogen) atoms. The molecule has 0 bridgehead atoms. The lowest BCUT2D eigenvalue weighted by molar-refractivity contribution is 0.0733. The standard InChI is InChI=1S/C22H17F2N5O2/c1-28-18-10-11-29(22(30)13-6-8-14(23)9-7-13)12-16(18)19(26-28)21-25-20(27-31-21)15-4-2-3-5-17(15)24/h2-9H,10-12H2,1H3. The van der Waals surface area contributed by atoms with Crippen molar-refractivity contribution in [1.29, 1.82) is 0 Å². The van der Waals surface area contributed by atoms with Crippen molar-refractivity contribution >= 4 is 5.91 Å². The molecule has 0 N–H and O–H groups in total. The molecule has 2 aromatic heterocycles. The molecule has 7 nitrogen and oxygen atoms in total. The average molecular weight is 421 g/mol. The molecule has 3 heterocycles. The summed E-state index contributed by atoms with van der Waals surface area (Å²) in [7, 11) is 1.81. The van der Waals surface area contributed by atoms with Crippen molar-refractivity contribution in [3.05, 3.63) is 77.0 Å². The van der Waals surface area contributed by atoms with Crippen molar-refractivity contribution in [1.82, 2.24) is 24.8 Å². The van der Waals surface area contributed by atoms with Gasteiger partial charge in [0.25, 0.3) is 11.8 Å². The van der Waals surface area contributed by atoms with Gasteiger partial charge in [-0.1, -0.05) is 17.3 Å². The lowest BCUT2D eigenvalue weighted by atomic mass is 10.0. The van der Waals surface area contributed by atoms with E-state index in [0.717, 1.165) is 11.3 Å². The van der Waals surface area contributed by atoms with E-state index in [4.69, 9.17) is 4.52 Å². The molecule has 1 aliphatic heterocycles. The van der Waals surface area contributed by atoms with Crippen LogP contribution in [0, 0.1) is 11.6 Å². The van der Waals surface area contributed by atoms with E-state index in [1.807, 2.05) is 7.05 Å². The van der Waals surface area contributed by atoms with Gasteiger partial charge in [0, 0.05) is 36.8 Å². The number of fused-ring (bicyclic) bond motifs is 1. The highest BCUT2D eigenvalue weighted by Crippen LogP contribution is 2.31. The summed E-state index contributed by atoms with van der Waals surface area (Å²) in [4.78, 5) is 18.9. The van der Waals surface area contributed by atoms with Crippen LogP contribution < -0.4 is 0 Å². The number of aryl methyl sites for hydroxylation is 1. The van der Waals surface area contributed by atoms with Gasteiger partial charge in [-0.25, -0.2) is 8.78 Å². The molecule has 5 rings (SSSR count). The molecule has 0 radical (unpaired) electrons. The van der Waals surface area contributed by atoms with Crippen molar-refractivity contribution in [2.45, 2.75) is 13.0 Å². The SMILES string of the molecule is Cn1nc(-c2nc(-c3ccccc3F)no2)c2c1CCN(C(=O)c1ccc(F)cc1)C2. The van der Waals surface area contributed by atoms with Crippen LogP contribution in [-0.4, -0.2) is 37.3 Å². The van der Waals surface area contributed by atoms with E-state index in [0.29, 0.717) is 30.8 Å². The summed E-state index contributed by atoms with van der Waals surface area (Å²) in [6.07, 6.45) is 0.597. The van der Waals surface area contributed by atoms with Gasteiger partial charge < -0.3 is 9.42 Å². The van der Waals surface area contributed by atoms with E-state index >= 15 is 0 Å².